The summed E-state index contributed by atoms with van der Waals surface area (Å²) in [5, 5.41) is 2.68. The van der Waals surface area contributed by atoms with E-state index < -0.39 is 0 Å². The zero-order valence-electron chi connectivity index (χ0n) is 44.3. The van der Waals surface area contributed by atoms with Crippen LogP contribution in [-0.2, 0) is 21.7 Å². The van der Waals surface area contributed by atoms with Crippen LogP contribution in [0.1, 0.15) is 151 Å². The fraction of sp³-hybridized carbons (Fsp3) is 0.304. The lowest BCUT2D eigenvalue weighted by atomic mass is 9.33. The Morgan fingerprint density at radius 1 is 0.479 bits per heavy atom. The van der Waals surface area contributed by atoms with Gasteiger partial charge in [0.2, 0.25) is 0 Å². The van der Waals surface area contributed by atoms with Crippen molar-refractivity contribution < 1.29 is 0 Å². The van der Waals surface area contributed by atoms with E-state index in [-0.39, 0.29) is 28.4 Å². The molecule has 362 valence electrons. The van der Waals surface area contributed by atoms with E-state index in [0.717, 1.165) is 0 Å². The first-order valence-electron chi connectivity index (χ1n) is 27.4. The second-order valence-corrected chi connectivity index (χ2v) is 26.0. The van der Waals surface area contributed by atoms with Gasteiger partial charge in [-0.3, -0.25) is 0 Å². The van der Waals surface area contributed by atoms with Crippen molar-refractivity contribution >= 4 is 88.7 Å². The van der Waals surface area contributed by atoms with Crippen LogP contribution in [0.4, 0.5) is 34.1 Å². The first kappa shape index (κ1) is 45.3. The van der Waals surface area contributed by atoms with Crippen LogP contribution in [0.25, 0.3) is 31.3 Å². The van der Waals surface area contributed by atoms with Crippen LogP contribution in [0.15, 0.2) is 152 Å². The molecule has 0 bridgehead atoms. The maximum atomic E-state index is 2.80. The van der Waals surface area contributed by atoms with Gasteiger partial charge in [0.05, 0.1) is 16.1 Å². The molecule has 8 aromatic carbocycles. The predicted molar refractivity (Wildman–Crippen MR) is 315 cm³/mol. The van der Waals surface area contributed by atoms with E-state index >= 15 is 0 Å². The Morgan fingerprint density at radius 3 is 1.81 bits per heavy atom. The quantitative estimate of drug-likeness (QED) is 0.162. The molecular formula is C69H67BN2S. The highest BCUT2D eigenvalue weighted by molar-refractivity contribution is 7.26. The summed E-state index contributed by atoms with van der Waals surface area (Å²) in [5.74, 6) is 0.494. The van der Waals surface area contributed by atoms with Gasteiger partial charge in [0.15, 0.2) is 0 Å². The zero-order valence-corrected chi connectivity index (χ0v) is 45.2. The Kier molecular flexibility index (Phi) is 9.82. The molecule has 1 saturated carbocycles. The number of aryl methyl sites for hydroxylation is 1. The lowest BCUT2D eigenvalue weighted by molar-refractivity contribution is 0.332. The fourth-order valence-corrected chi connectivity index (χ4v) is 16.1. The summed E-state index contributed by atoms with van der Waals surface area (Å²) in [5.41, 5.74) is 26.0. The molecule has 2 aliphatic heterocycles. The van der Waals surface area contributed by atoms with Gasteiger partial charge >= 0.3 is 0 Å². The summed E-state index contributed by atoms with van der Waals surface area (Å²) in [6, 6.07) is 59.9. The van der Waals surface area contributed by atoms with Crippen molar-refractivity contribution in [3.05, 3.63) is 196 Å². The largest absolute Gasteiger partial charge is 0.311 e. The summed E-state index contributed by atoms with van der Waals surface area (Å²) in [4.78, 5) is 5.56. The highest BCUT2D eigenvalue weighted by Gasteiger charge is 2.49. The monoisotopic (exact) mass is 967 g/mol. The van der Waals surface area contributed by atoms with Gasteiger partial charge in [-0.25, -0.2) is 0 Å². The van der Waals surface area contributed by atoms with Crippen LogP contribution in [0.2, 0.25) is 0 Å². The number of rotatable bonds is 4. The molecule has 3 aliphatic carbocycles. The van der Waals surface area contributed by atoms with Gasteiger partial charge in [0.1, 0.15) is 0 Å². The first-order valence-corrected chi connectivity index (χ1v) is 28.3. The van der Waals surface area contributed by atoms with E-state index in [4.69, 9.17) is 0 Å². The summed E-state index contributed by atoms with van der Waals surface area (Å²) < 4.78 is 2.70. The van der Waals surface area contributed by atoms with Crippen LogP contribution >= 0.6 is 11.3 Å². The molecule has 9 aromatic rings. The molecule has 14 rings (SSSR count). The third-order valence-electron chi connectivity index (χ3n) is 19.1. The second-order valence-electron chi connectivity index (χ2n) is 25.0. The van der Waals surface area contributed by atoms with Crippen molar-refractivity contribution in [3.63, 3.8) is 0 Å². The predicted octanol–water partition coefficient (Wildman–Crippen LogP) is 17.5. The topological polar surface area (TPSA) is 6.48 Å². The molecule has 0 radical (unpaired) electrons. The van der Waals surface area contributed by atoms with Crippen LogP contribution in [0, 0.1) is 6.92 Å². The Hall–Kier alpha value is -6.36. The Balaban J connectivity index is 1.16. The summed E-state index contributed by atoms with van der Waals surface area (Å²) in [7, 11) is 0. The minimum Gasteiger partial charge on any atom is -0.311 e. The highest BCUT2D eigenvalue weighted by Crippen LogP contribution is 2.56. The van der Waals surface area contributed by atoms with Crippen LogP contribution in [-0.4, -0.2) is 6.71 Å². The lowest BCUT2D eigenvalue weighted by Gasteiger charge is -2.49. The SMILES string of the molecule is Cc1cc2c(cc1N1c3cc4c(cc3B3c5ccc6c(sc7ccccc76)c5N(c5ccccc5-c5ccccc5)c5cc(C6CCCCC6)cc1c53)C(C)(C)c1ccccc1C4(C)C)C(C)(C)CCC2(C)C. The smallest absolute Gasteiger partial charge is 0.252 e. The number of thiophene rings is 1. The van der Waals surface area contributed by atoms with Crippen LogP contribution < -0.4 is 26.2 Å². The number of hydrogen-bond acceptors (Lipinski definition) is 3. The molecule has 3 heterocycles. The molecule has 0 saturated heterocycles. The summed E-state index contributed by atoms with van der Waals surface area (Å²) in [6.07, 6.45) is 8.72. The number of hydrogen-bond donors (Lipinski definition) is 0. The number of anilines is 6. The minimum absolute atomic E-state index is 0.00361. The van der Waals surface area contributed by atoms with E-state index in [2.05, 4.69) is 224 Å². The molecule has 1 aromatic heterocycles. The summed E-state index contributed by atoms with van der Waals surface area (Å²) in [6.45, 7) is 22.3. The van der Waals surface area contributed by atoms with Crippen molar-refractivity contribution in [2.24, 2.45) is 0 Å². The Bertz CT molecular complexity index is 3770. The van der Waals surface area contributed by atoms with Crippen molar-refractivity contribution in [1.82, 2.24) is 0 Å². The molecule has 0 N–H and O–H groups in total. The number of nitrogens with zero attached hydrogens (tertiary/aromatic N) is 2. The van der Waals surface area contributed by atoms with Crippen molar-refractivity contribution in [1.29, 1.82) is 0 Å². The normalized spacial score (nSPS) is 18.7. The van der Waals surface area contributed by atoms with E-state index in [1.807, 2.05) is 11.3 Å². The third kappa shape index (κ3) is 6.48. The zero-order chi connectivity index (χ0) is 49.9. The maximum absolute atomic E-state index is 2.80. The van der Waals surface area contributed by atoms with Crippen molar-refractivity contribution in [3.8, 4) is 11.1 Å². The van der Waals surface area contributed by atoms with Crippen molar-refractivity contribution in [2.45, 2.75) is 135 Å². The highest BCUT2D eigenvalue weighted by atomic mass is 32.1. The molecule has 0 atom stereocenters. The van der Waals surface area contributed by atoms with Gasteiger partial charge < -0.3 is 9.80 Å². The van der Waals surface area contributed by atoms with E-state index in [1.54, 1.807) is 0 Å². The molecule has 0 unspecified atom stereocenters. The van der Waals surface area contributed by atoms with E-state index in [9.17, 15) is 0 Å². The molecule has 73 heavy (non-hydrogen) atoms. The maximum Gasteiger partial charge on any atom is 0.252 e. The second kappa shape index (κ2) is 15.8. The average Bonchev–Trinajstić information content (AvgIpc) is 3.80. The fourth-order valence-electron chi connectivity index (χ4n) is 14.9. The van der Waals surface area contributed by atoms with Crippen molar-refractivity contribution in [2.75, 3.05) is 9.80 Å². The first-order chi connectivity index (χ1) is 35.1. The molecule has 0 amide bonds. The molecular weight excluding hydrogens is 900 g/mol. The Morgan fingerprint density at radius 2 is 1.08 bits per heavy atom. The molecule has 4 heteroatoms. The van der Waals surface area contributed by atoms with Crippen LogP contribution in [0.3, 0.4) is 0 Å². The third-order valence-corrected chi connectivity index (χ3v) is 20.3. The number of para-hydroxylation sites is 1. The Labute approximate surface area is 438 Å². The van der Waals surface area contributed by atoms with Gasteiger partial charge in [-0.2, -0.15) is 0 Å². The number of benzene rings is 8. The van der Waals surface area contributed by atoms with E-state index in [1.165, 1.54) is 171 Å². The average molecular weight is 967 g/mol. The summed E-state index contributed by atoms with van der Waals surface area (Å²) >= 11 is 1.97. The molecule has 1 fully saturated rings. The molecule has 0 spiro atoms. The van der Waals surface area contributed by atoms with Gasteiger partial charge in [0, 0.05) is 54.6 Å². The molecule has 5 aliphatic rings. The molecule has 2 nitrogen and oxygen atoms in total. The lowest BCUT2D eigenvalue weighted by Crippen LogP contribution is -2.62. The standard InChI is InChI=1S/C69H67BN2S/c1-42-36-51-52(67(4,5)35-34-66(51,2)3)40-58(42)71-59-41-54-53(68(6,7)49-28-18-19-29-50(49)69(54,8)9)39-56(59)70-55-33-32-48-47-27-17-21-31-62(47)73-65(48)64(55)72(57-30-20-16-26-46(57)44-24-14-11-15-25-44)61-38-45(37-60(71)63(61)70)43-22-12-10-13-23-43/h11,14-21,24-33,36-41,43H,10,12-13,22-23,34-35H2,1-9H3. The minimum atomic E-state index is -0.208. The van der Waals surface area contributed by atoms with E-state index in [0.29, 0.717) is 5.92 Å². The van der Waals surface area contributed by atoms with Gasteiger partial charge in [-0.05, 0) is 152 Å². The van der Waals surface area contributed by atoms with Gasteiger partial charge in [-0.1, -0.05) is 190 Å². The number of fused-ring (bicyclic) bond motifs is 11. The van der Waals surface area contributed by atoms with Gasteiger partial charge in [0.25, 0.3) is 6.71 Å². The van der Waals surface area contributed by atoms with Crippen LogP contribution in [0.5, 0.6) is 0 Å². The van der Waals surface area contributed by atoms with Gasteiger partial charge in [-0.15, -0.1) is 11.3 Å².